The van der Waals surface area contributed by atoms with Gasteiger partial charge < -0.3 is 9.55 Å². The van der Waals surface area contributed by atoms with Crippen LogP contribution in [0.2, 0.25) is 0 Å². The lowest BCUT2D eigenvalue weighted by Crippen LogP contribution is -2.40. The molecule has 0 amide bonds. The van der Waals surface area contributed by atoms with Gasteiger partial charge in [-0.15, -0.1) is 0 Å². The number of hydrogen-bond acceptors (Lipinski definition) is 3. The molecule has 0 unspecified atom stereocenters. The third kappa shape index (κ3) is 3.68. The number of aromatic amines is 1. The van der Waals surface area contributed by atoms with E-state index in [4.69, 9.17) is 0 Å². The summed E-state index contributed by atoms with van der Waals surface area (Å²) >= 11 is 0. The topological polar surface area (TPSA) is 53.9 Å². The van der Waals surface area contributed by atoms with Crippen LogP contribution in [-0.2, 0) is 12.7 Å². The molecule has 0 radical (unpaired) electrons. The van der Waals surface area contributed by atoms with Gasteiger partial charge in [-0.3, -0.25) is 9.69 Å². The van der Waals surface area contributed by atoms with E-state index in [0.29, 0.717) is 30.0 Å². The fourth-order valence-electron chi connectivity index (χ4n) is 4.77. The molecule has 1 saturated heterocycles. The van der Waals surface area contributed by atoms with E-state index in [1.54, 1.807) is 18.3 Å². The predicted octanol–water partition coefficient (Wildman–Crippen LogP) is 4.98. The van der Waals surface area contributed by atoms with Crippen molar-refractivity contribution in [2.45, 2.75) is 32.1 Å². The summed E-state index contributed by atoms with van der Waals surface area (Å²) in [5.41, 5.74) is 1.53. The van der Waals surface area contributed by atoms with Gasteiger partial charge in [-0.1, -0.05) is 25.1 Å². The largest absolute Gasteiger partial charge is 0.416 e. The van der Waals surface area contributed by atoms with E-state index in [2.05, 4.69) is 26.4 Å². The Morgan fingerprint density at radius 1 is 1.19 bits per heavy atom. The Kier molecular flexibility index (Phi) is 5.04. The summed E-state index contributed by atoms with van der Waals surface area (Å²) in [7, 11) is 0. The lowest BCUT2D eigenvalue weighted by Gasteiger charge is -2.39. The maximum Gasteiger partial charge on any atom is 0.416 e. The van der Waals surface area contributed by atoms with E-state index in [9.17, 15) is 18.0 Å². The number of nitrogens with zero attached hydrogens (tertiary/aromatic N) is 3. The first kappa shape index (κ1) is 20.8. The molecular formula is C24H23F3N4O. The van der Waals surface area contributed by atoms with Gasteiger partial charge in [0.15, 0.2) is 5.43 Å². The first-order valence-corrected chi connectivity index (χ1v) is 10.7. The van der Waals surface area contributed by atoms with Crippen LogP contribution in [0.25, 0.3) is 21.9 Å². The number of aromatic nitrogens is 3. The molecule has 4 heterocycles. The van der Waals surface area contributed by atoms with Crippen LogP contribution in [0.1, 0.15) is 30.5 Å². The summed E-state index contributed by atoms with van der Waals surface area (Å²) in [6, 6.07) is 9.12. The summed E-state index contributed by atoms with van der Waals surface area (Å²) in [5.74, 6) is 0.348. The number of pyridine rings is 2. The highest BCUT2D eigenvalue weighted by molar-refractivity contribution is 6.02. The van der Waals surface area contributed by atoms with Gasteiger partial charge in [-0.05, 0) is 36.6 Å². The van der Waals surface area contributed by atoms with Crippen LogP contribution in [0.3, 0.4) is 0 Å². The number of benzene rings is 1. The molecule has 1 fully saturated rings. The molecule has 0 saturated carbocycles. The third-order valence-corrected chi connectivity index (χ3v) is 6.49. The standard InChI is InChI=1S/C24H23F3N4O/c1-15-6-9-30(13-16-3-2-4-17(11-16)24(25,26)27)14-20(15)31-10-7-21(32)19-12-29-23-18(22(19)31)5-8-28-23/h2-5,7-8,10-12,15,20H,6,9,13-14H2,1H3,(H,28,29)/t15-,20+/m1/s1. The van der Waals surface area contributed by atoms with Crippen molar-refractivity contribution < 1.29 is 13.2 Å². The fraction of sp³-hybridized carbons (Fsp3) is 0.333. The Hall–Kier alpha value is -3.13. The summed E-state index contributed by atoms with van der Waals surface area (Å²) in [5, 5.41) is 1.46. The lowest BCUT2D eigenvalue weighted by atomic mass is 9.92. The monoisotopic (exact) mass is 440 g/mol. The van der Waals surface area contributed by atoms with Crippen molar-refractivity contribution in [1.29, 1.82) is 0 Å². The molecule has 2 atom stereocenters. The molecule has 32 heavy (non-hydrogen) atoms. The maximum absolute atomic E-state index is 13.1. The normalized spacial score (nSPS) is 20.2. The van der Waals surface area contributed by atoms with Crippen molar-refractivity contribution in [3.05, 3.63) is 76.3 Å². The Bertz CT molecular complexity index is 1340. The zero-order chi connectivity index (χ0) is 22.5. The second-order valence-corrected chi connectivity index (χ2v) is 8.61. The highest BCUT2D eigenvalue weighted by Crippen LogP contribution is 2.33. The number of rotatable bonds is 3. The maximum atomic E-state index is 13.1. The van der Waals surface area contributed by atoms with E-state index in [0.717, 1.165) is 35.6 Å². The van der Waals surface area contributed by atoms with Crippen LogP contribution in [0.4, 0.5) is 13.2 Å². The van der Waals surface area contributed by atoms with Crippen LogP contribution in [-0.4, -0.2) is 32.5 Å². The average Bonchev–Trinajstić information content (AvgIpc) is 3.24. The molecule has 1 aliphatic heterocycles. The minimum atomic E-state index is -4.35. The predicted molar refractivity (Wildman–Crippen MR) is 117 cm³/mol. The first-order chi connectivity index (χ1) is 15.3. The van der Waals surface area contributed by atoms with Crippen LogP contribution in [0.5, 0.6) is 0 Å². The van der Waals surface area contributed by atoms with Gasteiger partial charge in [0.25, 0.3) is 0 Å². The third-order valence-electron chi connectivity index (χ3n) is 6.49. The van der Waals surface area contributed by atoms with Crippen LogP contribution >= 0.6 is 0 Å². The minimum Gasteiger partial charge on any atom is -0.346 e. The van der Waals surface area contributed by atoms with Crippen molar-refractivity contribution >= 4 is 21.9 Å². The van der Waals surface area contributed by atoms with E-state index >= 15 is 0 Å². The molecule has 3 aromatic heterocycles. The van der Waals surface area contributed by atoms with Gasteiger partial charge in [0.1, 0.15) is 5.65 Å². The molecule has 8 heteroatoms. The molecule has 1 N–H and O–H groups in total. The molecule has 166 valence electrons. The second-order valence-electron chi connectivity index (χ2n) is 8.61. The molecule has 0 aliphatic carbocycles. The molecule has 5 nitrogen and oxygen atoms in total. The first-order valence-electron chi connectivity index (χ1n) is 10.7. The summed E-state index contributed by atoms with van der Waals surface area (Å²) in [6.07, 6.45) is 1.83. The van der Waals surface area contributed by atoms with Crippen molar-refractivity contribution in [2.24, 2.45) is 5.92 Å². The number of hydrogen-bond donors (Lipinski definition) is 1. The minimum absolute atomic E-state index is 0.0730. The van der Waals surface area contributed by atoms with E-state index < -0.39 is 11.7 Å². The molecule has 1 aliphatic rings. The number of fused-ring (bicyclic) bond motifs is 3. The SMILES string of the molecule is C[C@@H]1CCN(Cc2cccc(C(F)(F)F)c2)C[C@@H]1n1ccc(=O)c2cnc3[nH]ccc3c21. The number of halogens is 3. The number of piperidine rings is 1. The van der Waals surface area contributed by atoms with Gasteiger partial charge in [-0.25, -0.2) is 4.98 Å². The number of likely N-dealkylation sites (tertiary alicyclic amines) is 1. The quantitative estimate of drug-likeness (QED) is 0.489. The summed E-state index contributed by atoms with van der Waals surface area (Å²) in [6.45, 7) is 4.13. The molecule has 1 aromatic carbocycles. The lowest BCUT2D eigenvalue weighted by molar-refractivity contribution is -0.137. The highest BCUT2D eigenvalue weighted by Gasteiger charge is 2.32. The molecule has 5 rings (SSSR count). The van der Waals surface area contributed by atoms with Gasteiger partial charge in [0, 0.05) is 49.2 Å². The zero-order valence-corrected chi connectivity index (χ0v) is 17.6. The smallest absolute Gasteiger partial charge is 0.346 e. The van der Waals surface area contributed by atoms with Crippen molar-refractivity contribution in [1.82, 2.24) is 19.4 Å². The zero-order valence-electron chi connectivity index (χ0n) is 17.6. The van der Waals surface area contributed by atoms with Crippen molar-refractivity contribution in [3.63, 3.8) is 0 Å². The average molecular weight is 440 g/mol. The van der Waals surface area contributed by atoms with Gasteiger partial charge in [-0.2, -0.15) is 13.2 Å². The van der Waals surface area contributed by atoms with Crippen molar-refractivity contribution in [2.75, 3.05) is 13.1 Å². The molecular weight excluding hydrogens is 417 g/mol. The van der Waals surface area contributed by atoms with Gasteiger partial charge in [0.2, 0.25) is 0 Å². The summed E-state index contributed by atoms with van der Waals surface area (Å²) in [4.78, 5) is 22.2. The molecule has 4 aromatic rings. The fourth-order valence-corrected chi connectivity index (χ4v) is 4.77. The van der Waals surface area contributed by atoms with E-state index in [-0.39, 0.29) is 11.5 Å². The summed E-state index contributed by atoms with van der Waals surface area (Å²) < 4.78 is 41.5. The molecule has 0 bridgehead atoms. The number of alkyl halides is 3. The van der Waals surface area contributed by atoms with Crippen LogP contribution in [0, 0.1) is 5.92 Å². The Balaban J connectivity index is 1.50. The van der Waals surface area contributed by atoms with Crippen LogP contribution < -0.4 is 5.43 Å². The highest BCUT2D eigenvalue weighted by atomic mass is 19.4. The second kappa shape index (κ2) is 7.78. The Morgan fingerprint density at radius 2 is 2.03 bits per heavy atom. The van der Waals surface area contributed by atoms with Crippen molar-refractivity contribution in [3.8, 4) is 0 Å². The number of nitrogens with one attached hydrogen (secondary N) is 1. The Morgan fingerprint density at radius 3 is 2.84 bits per heavy atom. The Labute approximate surface area is 182 Å². The van der Waals surface area contributed by atoms with Crippen LogP contribution in [0.15, 0.2) is 59.8 Å². The van der Waals surface area contributed by atoms with Gasteiger partial charge >= 0.3 is 6.18 Å². The van der Waals surface area contributed by atoms with E-state index in [1.807, 2.05) is 18.5 Å². The molecule has 0 spiro atoms. The number of H-pyrrole nitrogens is 1. The van der Waals surface area contributed by atoms with Gasteiger partial charge in [0.05, 0.1) is 16.5 Å². The van der Waals surface area contributed by atoms with E-state index in [1.165, 1.54) is 12.1 Å².